The van der Waals surface area contributed by atoms with Gasteiger partial charge in [0.15, 0.2) is 0 Å². The van der Waals surface area contributed by atoms with Crippen molar-refractivity contribution in [2.24, 2.45) is 0 Å². The van der Waals surface area contributed by atoms with Gasteiger partial charge in [-0.1, -0.05) is 0 Å². The van der Waals surface area contributed by atoms with E-state index in [0.717, 1.165) is 12.8 Å². The first kappa shape index (κ1) is 7.34. The first-order valence-electron chi connectivity index (χ1n) is 3.97. The van der Waals surface area contributed by atoms with Crippen molar-refractivity contribution in [1.82, 2.24) is 9.78 Å². The van der Waals surface area contributed by atoms with E-state index < -0.39 is 5.97 Å². The lowest BCUT2D eigenvalue weighted by Gasteiger charge is -1.92. The minimum Gasteiger partial charge on any atom is -0.478 e. The highest BCUT2D eigenvalue weighted by molar-refractivity contribution is 5.88. The van der Waals surface area contributed by atoms with Gasteiger partial charge in [0.25, 0.3) is 0 Å². The Labute approximate surface area is 69.8 Å². The van der Waals surface area contributed by atoms with E-state index >= 15 is 0 Å². The number of rotatable bonds is 2. The zero-order chi connectivity index (χ0) is 8.72. The van der Waals surface area contributed by atoms with Crippen LogP contribution in [0, 0.1) is 6.92 Å². The molecule has 4 nitrogen and oxygen atoms in total. The SMILES string of the molecule is Cc1nn(C2CC2)cc1C(=O)O. The Bertz CT molecular complexity index is 326. The zero-order valence-corrected chi connectivity index (χ0v) is 6.82. The molecule has 2 rings (SSSR count). The van der Waals surface area contributed by atoms with Gasteiger partial charge in [0, 0.05) is 6.20 Å². The standard InChI is InChI=1S/C8H10N2O2/c1-5-7(8(11)12)4-10(9-5)6-2-3-6/h4,6H,2-3H2,1H3,(H,11,12). The molecule has 4 heteroatoms. The molecule has 1 aliphatic carbocycles. The molecule has 1 heterocycles. The topological polar surface area (TPSA) is 55.1 Å². The molecular weight excluding hydrogens is 156 g/mol. The molecule has 0 bridgehead atoms. The molecule has 0 atom stereocenters. The second kappa shape index (κ2) is 2.33. The molecule has 12 heavy (non-hydrogen) atoms. The lowest BCUT2D eigenvalue weighted by molar-refractivity contribution is 0.0696. The van der Waals surface area contributed by atoms with E-state index in [1.54, 1.807) is 17.8 Å². The maximum Gasteiger partial charge on any atom is 0.339 e. The van der Waals surface area contributed by atoms with E-state index in [2.05, 4.69) is 5.10 Å². The molecule has 0 aromatic carbocycles. The Morgan fingerprint density at radius 3 is 2.83 bits per heavy atom. The van der Waals surface area contributed by atoms with Crippen molar-refractivity contribution >= 4 is 5.97 Å². The highest BCUT2D eigenvalue weighted by atomic mass is 16.4. The van der Waals surface area contributed by atoms with Crippen LogP contribution in [0.4, 0.5) is 0 Å². The van der Waals surface area contributed by atoms with Crippen molar-refractivity contribution in [3.8, 4) is 0 Å². The monoisotopic (exact) mass is 166 g/mol. The molecule has 1 fully saturated rings. The van der Waals surface area contributed by atoms with E-state index in [1.807, 2.05) is 0 Å². The summed E-state index contributed by atoms with van der Waals surface area (Å²) in [7, 11) is 0. The van der Waals surface area contributed by atoms with Crippen LogP contribution in [0.25, 0.3) is 0 Å². The molecule has 0 unspecified atom stereocenters. The normalized spacial score (nSPS) is 16.4. The van der Waals surface area contributed by atoms with Crippen molar-refractivity contribution in [2.75, 3.05) is 0 Å². The van der Waals surface area contributed by atoms with Crippen LogP contribution in [-0.2, 0) is 0 Å². The third-order valence-electron chi connectivity index (χ3n) is 2.07. The van der Waals surface area contributed by atoms with Gasteiger partial charge in [0.1, 0.15) is 5.56 Å². The lowest BCUT2D eigenvalue weighted by atomic mass is 10.3. The Morgan fingerprint density at radius 1 is 1.75 bits per heavy atom. The minimum atomic E-state index is -0.889. The number of aromatic carboxylic acids is 1. The summed E-state index contributed by atoms with van der Waals surface area (Å²) in [5.41, 5.74) is 0.927. The van der Waals surface area contributed by atoms with Crippen LogP contribution >= 0.6 is 0 Å². The zero-order valence-electron chi connectivity index (χ0n) is 6.82. The molecule has 64 valence electrons. The van der Waals surface area contributed by atoms with Gasteiger partial charge in [0.2, 0.25) is 0 Å². The number of hydrogen-bond acceptors (Lipinski definition) is 2. The highest BCUT2D eigenvalue weighted by Crippen LogP contribution is 2.34. The fourth-order valence-corrected chi connectivity index (χ4v) is 1.22. The van der Waals surface area contributed by atoms with Crippen molar-refractivity contribution in [1.29, 1.82) is 0 Å². The summed E-state index contributed by atoms with van der Waals surface area (Å²) < 4.78 is 1.76. The molecule has 1 aromatic heterocycles. The first-order chi connectivity index (χ1) is 5.68. The van der Waals surface area contributed by atoms with E-state index in [0.29, 0.717) is 17.3 Å². The Balaban J connectivity index is 2.36. The number of aromatic nitrogens is 2. The largest absolute Gasteiger partial charge is 0.478 e. The number of hydrogen-bond donors (Lipinski definition) is 1. The summed E-state index contributed by atoms with van der Waals surface area (Å²) in [5.74, 6) is -0.889. The van der Waals surface area contributed by atoms with Gasteiger partial charge in [-0.05, 0) is 19.8 Å². The second-order valence-electron chi connectivity index (χ2n) is 3.14. The average Bonchev–Trinajstić information content (AvgIpc) is 2.75. The molecular formula is C8H10N2O2. The van der Waals surface area contributed by atoms with Gasteiger partial charge < -0.3 is 5.11 Å². The van der Waals surface area contributed by atoms with Crippen LogP contribution < -0.4 is 0 Å². The Kier molecular flexibility index (Phi) is 1.43. The smallest absolute Gasteiger partial charge is 0.339 e. The summed E-state index contributed by atoms with van der Waals surface area (Å²) in [6.07, 6.45) is 3.87. The van der Waals surface area contributed by atoms with Gasteiger partial charge in [0.05, 0.1) is 11.7 Å². The molecule has 1 saturated carbocycles. The molecule has 1 N–H and O–H groups in total. The summed E-state index contributed by atoms with van der Waals surface area (Å²) in [5, 5.41) is 12.9. The van der Waals surface area contributed by atoms with Crippen LogP contribution in [0.3, 0.4) is 0 Å². The van der Waals surface area contributed by atoms with Gasteiger partial charge >= 0.3 is 5.97 Å². The van der Waals surface area contributed by atoms with Crippen LogP contribution in [-0.4, -0.2) is 20.9 Å². The fraction of sp³-hybridized carbons (Fsp3) is 0.500. The summed E-state index contributed by atoms with van der Waals surface area (Å²) in [6.45, 7) is 1.72. The van der Waals surface area contributed by atoms with Crippen LogP contribution in [0.15, 0.2) is 6.20 Å². The predicted octanol–water partition coefficient (Wildman–Crippen LogP) is 1.22. The number of aryl methyl sites for hydroxylation is 1. The van der Waals surface area contributed by atoms with Crippen molar-refractivity contribution < 1.29 is 9.90 Å². The van der Waals surface area contributed by atoms with Crippen LogP contribution in [0.5, 0.6) is 0 Å². The Hall–Kier alpha value is -1.32. The number of carbonyl (C=O) groups is 1. The number of carboxylic acid groups (broad SMARTS) is 1. The second-order valence-corrected chi connectivity index (χ2v) is 3.14. The van der Waals surface area contributed by atoms with Crippen LogP contribution in [0.1, 0.15) is 34.9 Å². The molecule has 0 radical (unpaired) electrons. The summed E-state index contributed by atoms with van der Waals surface area (Å²) >= 11 is 0. The van der Waals surface area contributed by atoms with Gasteiger partial charge in [-0.25, -0.2) is 4.79 Å². The quantitative estimate of drug-likeness (QED) is 0.718. The van der Waals surface area contributed by atoms with Gasteiger partial charge in [-0.2, -0.15) is 5.10 Å². The lowest BCUT2D eigenvalue weighted by Crippen LogP contribution is -1.95. The van der Waals surface area contributed by atoms with Gasteiger partial charge in [-0.15, -0.1) is 0 Å². The van der Waals surface area contributed by atoms with E-state index in [1.165, 1.54) is 0 Å². The molecule has 0 spiro atoms. The van der Waals surface area contributed by atoms with Gasteiger partial charge in [-0.3, -0.25) is 4.68 Å². The van der Waals surface area contributed by atoms with E-state index in [4.69, 9.17) is 5.11 Å². The predicted molar refractivity (Wildman–Crippen MR) is 42.2 cm³/mol. The summed E-state index contributed by atoms with van der Waals surface area (Å²) in [4.78, 5) is 10.6. The third kappa shape index (κ3) is 1.09. The van der Waals surface area contributed by atoms with Crippen LogP contribution in [0.2, 0.25) is 0 Å². The number of nitrogens with zero attached hydrogens (tertiary/aromatic N) is 2. The average molecular weight is 166 g/mol. The minimum absolute atomic E-state index is 0.321. The van der Waals surface area contributed by atoms with Crippen molar-refractivity contribution in [3.05, 3.63) is 17.5 Å². The molecule has 1 aromatic rings. The Morgan fingerprint density at radius 2 is 2.42 bits per heavy atom. The molecule has 1 aliphatic rings. The van der Waals surface area contributed by atoms with E-state index in [-0.39, 0.29) is 0 Å². The first-order valence-corrected chi connectivity index (χ1v) is 3.97. The van der Waals surface area contributed by atoms with E-state index in [9.17, 15) is 4.79 Å². The maximum absolute atomic E-state index is 10.6. The maximum atomic E-state index is 10.6. The van der Waals surface area contributed by atoms with Crippen molar-refractivity contribution in [2.45, 2.75) is 25.8 Å². The highest BCUT2D eigenvalue weighted by Gasteiger charge is 2.26. The third-order valence-corrected chi connectivity index (χ3v) is 2.07. The molecule has 0 amide bonds. The summed E-state index contributed by atoms with van der Waals surface area (Å²) in [6, 6.07) is 0.455. The molecule has 0 aliphatic heterocycles. The number of carboxylic acids is 1. The fourth-order valence-electron chi connectivity index (χ4n) is 1.22. The molecule has 0 saturated heterocycles. The van der Waals surface area contributed by atoms with Crippen molar-refractivity contribution in [3.63, 3.8) is 0 Å².